The number of amides is 3. The molecule has 27 heavy (non-hydrogen) atoms. The SMILES string of the molecule is CC1(C)CN(c2cc(C(F)(F)F)cc3c[nH]c[n+]23)C=C[C@]12NC(=O)NC2=O. The molecule has 7 nitrogen and oxygen atoms in total. The van der Waals surface area contributed by atoms with Gasteiger partial charge >= 0.3 is 12.2 Å². The number of nitrogens with zero attached hydrogens (tertiary/aromatic N) is 2. The summed E-state index contributed by atoms with van der Waals surface area (Å²) in [6.07, 6.45) is 1.60. The molecular weight excluding hydrogens is 363 g/mol. The maximum atomic E-state index is 13.3. The summed E-state index contributed by atoms with van der Waals surface area (Å²) >= 11 is 0. The highest BCUT2D eigenvalue weighted by Gasteiger charge is 2.58. The third kappa shape index (κ3) is 2.47. The quantitative estimate of drug-likeness (QED) is 0.521. The van der Waals surface area contributed by atoms with Gasteiger partial charge in [-0.1, -0.05) is 13.8 Å². The third-order valence-electron chi connectivity index (χ3n) is 5.20. The van der Waals surface area contributed by atoms with Gasteiger partial charge in [0.15, 0.2) is 11.9 Å². The number of pyridine rings is 1. The Balaban J connectivity index is 1.83. The Morgan fingerprint density at radius 3 is 2.56 bits per heavy atom. The molecule has 1 saturated heterocycles. The average Bonchev–Trinajstić information content (AvgIpc) is 3.13. The van der Waals surface area contributed by atoms with E-state index >= 15 is 0 Å². The molecule has 0 radical (unpaired) electrons. The summed E-state index contributed by atoms with van der Waals surface area (Å²) in [6, 6.07) is 1.53. The number of urea groups is 1. The summed E-state index contributed by atoms with van der Waals surface area (Å²) < 4.78 is 41.5. The molecule has 0 aromatic carbocycles. The topological polar surface area (TPSA) is 81.3 Å². The van der Waals surface area contributed by atoms with Gasteiger partial charge in [-0.2, -0.15) is 13.2 Å². The zero-order chi connectivity index (χ0) is 19.6. The van der Waals surface area contributed by atoms with Crippen LogP contribution < -0.4 is 19.9 Å². The largest absolute Gasteiger partial charge is 0.416 e. The summed E-state index contributed by atoms with van der Waals surface area (Å²) in [4.78, 5) is 28.4. The molecule has 3 amide bonds. The fraction of sp³-hybridized carbons (Fsp3) is 0.353. The van der Waals surface area contributed by atoms with Crippen LogP contribution in [0.2, 0.25) is 0 Å². The van der Waals surface area contributed by atoms with Gasteiger partial charge in [0.1, 0.15) is 5.52 Å². The van der Waals surface area contributed by atoms with Gasteiger partial charge in [-0.3, -0.25) is 20.0 Å². The van der Waals surface area contributed by atoms with E-state index in [1.807, 2.05) is 0 Å². The molecule has 2 aromatic rings. The van der Waals surface area contributed by atoms with E-state index in [1.54, 1.807) is 29.5 Å². The van der Waals surface area contributed by atoms with E-state index in [2.05, 4.69) is 15.6 Å². The van der Waals surface area contributed by atoms with E-state index in [0.717, 1.165) is 12.1 Å². The van der Waals surface area contributed by atoms with Crippen LogP contribution in [0, 0.1) is 5.41 Å². The first-order valence-corrected chi connectivity index (χ1v) is 8.22. The first-order valence-electron chi connectivity index (χ1n) is 8.22. The number of aromatic nitrogens is 2. The number of hydrogen-bond donors (Lipinski definition) is 3. The molecular formula is C17H17F3N5O2+. The molecule has 0 saturated carbocycles. The lowest BCUT2D eigenvalue weighted by Crippen LogP contribution is -2.62. The van der Waals surface area contributed by atoms with Crippen molar-refractivity contribution < 1.29 is 27.2 Å². The lowest BCUT2D eigenvalue weighted by atomic mass is 9.70. The monoisotopic (exact) mass is 380 g/mol. The van der Waals surface area contributed by atoms with Crippen molar-refractivity contribution in [2.75, 3.05) is 11.4 Å². The second-order valence-corrected chi connectivity index (χ2v) is 7.38. The van der Waals surface area contributed by atoms with Crippen LogP contribution in [0.1, 0.15) is 19.4 Å². The Morgan fingerprint density at radius 1 is 1.22 bits per heavy atom. The third-order valence-corrected chi connectivity index (χ3v) is 5.20. The molecule has 0 aliphatic carbocycles. The van der Waals surface area contributed by atoms with Gasteiger partial charge < -0.3 is 5.32 Å². The minimum Gasteiger partial charge on any atom is -0.319 e. The molecule has 10 heteroatoms. The standard InChI is InChI=1S/C17H16F3N5O2/c1-15(2)8-24(4-3-16(15)13(26)22-14(27)23-16)12-6-10(17(18,19)20)5-11-7-21-9-25(11)12/h3-7,9H,8H2,1-2H3,(H2,22,23,26,27)/p+1/t16-/m1/s1. The second-order valence-electron chi connectivity index (χ2n) is 7.38. The van der Waals surface area contributed by atoms with Crippen molar-refractivity contribution in [3.63, 3.8) is 0 Å². The summed E-state index contributed by atoms with van der Waals surface area (Å²) in [6.45, 7) is 3.77. The fourth-order valence-corrected chi connectivity index (χ4v) is 3.70. The number of alkyl halides is 3. The molecule has 2 aliphatic rings. The molecule has 1 spiro atoms. The van der Waals surface area contributed by atoms with Crippen LogP contribution in [-0.4, -0.2) is 29.0 Å². The molecule has 1 atom stereocenters. The van der Waals surface area contributed by atoms with Crippen LogP contribution >= 0.6 is 0 Å². The smallest absolute Gasteiger partial charge is 0.319 e. The summed E-state index contributed by atoms with van der Waals surface area (Å²) in [5, 5.41) is 4.87. The maximum absolute atomic E-state index is 13.3. The van der Waals surface area contributed by atoms with Crippen LogP contribution in [0.25, 0.3) is 5.52 Å². The van der Waals surface area contributed by atoms with E-state index in [-0.39, 0.29) is 6.54 Å². The molecule has 142 valence electrons. The minimum atomic E-state index is -4.49. The Bertz CT molecular complexity index is 994. The molecule has 2 aliphatic heterocycles. The number of halogens is 3. The molecule has 2 aromatic heterocycles. The summed E-state index contributed by atoms with van der Waals surface area (Å²) in [5.74, 6) is -0.179. The number of carbonyl (C=O) groups excluding carboxylic acids is 2. The van der Waals surface area contributed by atoms with Crippen LogP contribution in [0.4, 0.5) is 23.8 Å². The molecule has 3 N–H and O–H groups in total. The number of H-pyrrole nitrogens is 1. The van der Waals surface area contributed by atoms with Gasteiger partial charge in [-0.05, 0) is 12.1 Å². The lowest BCUT2D eigenvalue weighted by Gasteiger charge is -2.43. The Morgan fingerprint density at radius 2 is 1.96 bits per heavy atom. The van der Waals surface area contributed by atoms with E-state index < -0.39 is 34.6 Å². The number of imidazole rings is 1. The number of imide groups is 1. The van der Waals surface area contributed by atoms with E-state index in [1.165, 1.54) is 18.5 Å². The van der Waals surface area contributed by atoms with Crippen molar-refractivity contribution in [2.45, 2.75) is 25.6 Å². The van der Waals surface area contributed by atoms with Gasteiger partial charge in [0.2, 0.25) is 5.82 Å². The van der Waals surface area contributed by atoms with Crippen LogP contribution in [0.5, 0.6) is 0 Å². The van der Waals surface area contributed by atoms with Crippen molar-refractivity contribution in [2.24, 2.45) is 5.41 Å². The molecule has 0 unspecified atom stereocenters. The van der Waals surface area contributed by atoms with Crippen molar-refractivity contribution >= 4 is 23.3 Å². The van der Waals surface area contributed by atoms with E-state index in [0.29, 0.717) is 11.3 Å². The molecule has 0 bridgehead atoms. The van der Waals surface area contributed by atoms with Gasteiger partial charge in [0.25, 0.3) is 5.91 Å². The number of hydrogen-bond acceptors (Lipinski definition) is 3. The summed E-state index contributed by atoms with van der Waals surface area (Å²) in [5.41, 5.74) is -2.44. The number of aromatic amines is 1. The number of carbonyl (C=O) groups is 2. The summed E-state index contributed by atoms with van der Waals surface area (Å²) in [7, 11) is 0. The van der Waals surface area contributed by atoms with Crippen molar-refractivity contribution in [1.82, 2.24) is 15.6 Å². The van der Waals surface area contributed by atoms with Crippen molar-refractivity contribution in [3.05, 3.63) is 42.5 Å². The number of nitrogens with one attached hydrogen (secondary N) is 3. The zero-order valence-electron chi connectivity index (χ0n) is 14.5. The van der Waals surface area contributed by atoms with Crippen molar-refractivity contribution in [3.8, 4) is 0 Å². The number of fused-ring (bicyclic) bond motifs is 1. The normalized spacial score (nSPS) is 24.6. The highest BCUT2D eigenvalue weighted by Crippen LogP contribution is 2.40. The Labute approximate surface area is 151 Å². The highest BCUT2D eigenvalue weighted by molar-refractivity contribution is 6.09. The fourth-order valence-electron chi connectivity index (χ4n) is 3.70. The Kier molecular flexibility index (Phi) is 3.37. The lowest BCUT2D eigenvalue weighted by molar-refractivity contribution is -0.497. The molecule has 1 fully saturated rings. The predicted molar refractivity (Wildman–Crippen MR) is 88.6 cm³/mol. The van der Waals surface area contributed by atoms with Gasteiger partial charge in [-0.25, -0.2) is 9.20 Å². The highest BCUT2D eigenvalue weighted by atomic mass is 19.4. The molecule has 4 rings (SSSR count). The maximum Gasteiger partial charge on any atom is 0.416 e. The van der Waals surface area contributed by atoms with E-state index in [9.17, 15) is 22.8 Å². The van der Waals surface area contributed by atoms with Gasteiger partial charge in [0.05, 0.1) is 24.5 Å². The van der Waals surface area contributed by atoms with Crippen LogP contribution in [-0.2, 0) is 11.0 Å². The van der Waals surface area contributed by atoms with Gasteiger partial charge in [0, 0.05) is 11.5 Å². The van der Waals surface area contributed by atoms with Crippen LogP contribution in [0.15, 0.2) is 36.9 Å². The first-order chi connectivity index (χ1) is 12.5. The van der Waals surface area contributed by atoms with Crippen molar-refractivity contribution in [1.29, 1.82) is 0 Å². The Hall–Kier alpha value is -3.04. The molecule has 4 heterocycles. The zero-order valence-corrected chi connectivity index (χ0v) is 14.5. The van der Waals surface area contributed by atoms with Gasteiger partial charge in [-0.15, -0.1) is 0 Å². The number of rotatable bonds is 1. The predicted octanol–water partition coefficient (Wildman–Crippen LogP) is 1.71. The first kappa shape index (κ1) is 17.4. The van der Waals surface area contributed by atoms with Crippen LogP contribution in [0.3, 0.4) is 0 Å². The second kappa shape index (κ2) is 5.24. The minimum absolute atomic E-state index is 0.214. The number of anilines is 1. The average molecular weight is 380 g/mol. The van der Waals surface area contributed by atoms with E-state index in [4.69, 9.17) is 0 Å².